The summed E-state index contributed by atoms with van der Waals surface area (Å²) in [5.41, 5.74) is 0. The summed E-state index contributed by atoms with van der Waals surface area (Å²) < 4.78 is 11.8. The lowest BCUT2D eigenvalue weighted by molar-refractivity contribution is -0.115. The SMILES string of the molecule is CCN(CC)P(=NC(C)=O)(N(CC)CC)N(CC)CC. The molecule has 0 heterocycles. The van der Waals surface area contributed by atoms with Gasteiger partial charge in [0.25, 0.3) is 0 Å². The van der Waals surface area contributed by atoms with Crippen LogP contribution in [-0.4, -0.2) is 59.2 Å². The van der Waals surface area contributed by atoms with Gasteiger partial charge in [-0.1, -0.05) is 41.5 Å². The maximum Gasteiger partial charge on any atom is 0.244 e. The highest BCUT2D eigenvalue weighted by molar-refractivity contribution is 7.59. The molecule has 0 aliphatic carbocycles. The fourth-order valence-electron chi connectivity index (χ4n) is 2.72. The number of hydrogen-bond donors (Lipinski definition) is 0. The molecule has 6 heteroatoms. The Bertz CT molecular complexity index is 296. The summed E-state index contributed by atoms with van der Waals surface area (Å²) in [7, 11) is -2.11. The van der Waals surface area contributed by atoms with Gasteiger partial charge in [0.2, 0.25) is 5.91 Å². The van der Waals surface area contributed by atoms with E-state index in [1.807, 2.05) is 0 Å². The molecular weight excluding hydrogens is 271 g/mol. The van der Waals surface area contributed by atoms with E-state index in [4.69, 9.17) is 0 Å². The van der Waals surface area contributed by atoms with E-state index in [9.17, 15) is 4.79 Å². The van der Waals surface area contributed by atoms with Gasteiger partial charge in [-0.3, -0.25) is 4.79 Å². The van der Waals surface area contributed by atoms with Gasteiger partial charge in [0, 0.05) is 46.2 Å². The van der Waals surface area contributed by atoms with Crippen LogP contribution in [0.1, 0.15) is 48.5 Å². The number of carbonyl (C=O) groups excluding carboxylic acids is 1. The monoisotopic (exact) mass is 304 g/mol. The van der Waals surface area contributed by atoms with E-state index in [0.29, 0.717) is 0 Å². The summed E-state index contributed by atoms with van der Waals surface area (Å²) in [5, 5.41) is 0. The van der Waals surface area contributed by atoms with E-state index in [2.05, 4.69) is 60.3 Å². The molecule has 0 saturated carbocycles. The van der Waals surface area contributed by atoms with Crippen LogP contribution in [0.3, 0.4) is 0 Å². The van der Waals surface area contributed by atoms with Crippen molar-refractivity contribution in [2.24, 2.45) is 4.74 Å². The number of carbonyl (C=O) groups is 1. The van der Waals surface area contributed by atoms with E-state index < -0.39 is 7.51 Å². The van der Waals surface area contributed by atoms with Gasteiger partial charge in [-0.2, -0.15) is 4.74 Å². The standard InChI is InChI=1S/C14H33N4OP/c1-8-16(9-2)20(15-14(7)19,17(10-3)11-4)18(12-5)13-6/h8-13H2,1-7H3. The zero-order valence-corrected chi connectivity index (χ0v) is 15.3. The zero-order valence-electron chi connectivity index (χ0n) is 14.4. The summed E-state index contributed by atoms with van der Waals surface area (Å²) in [5.74, 6) is -0.0657. The first-order valence-corrected chi connectivity index (χ1v) is 9.47. The van der Waals surface area contributed by atoms with Crippen molar-refractivity contribution in [2.75, 3.05) is 39.3 Å². The van der Waals surface area contributed by atoms with Crippen molar-refractivity contribution in [3.05, 3.63) is 0 Å². The smallest absolute Gasteiger partial charge is 0.244 e. The first-order chi connectivity index (χ1) is 9.47. The summed E-state index contributed by atoms with van der Waals surface area (Å²) in [6.07, 6.45) is 0. The van der Waals surface area contributed by atoms with Gasteiger partial charge in [-0.25, -0.2) is 14.0 Å². The second kappa shape index (κ2) is 9.67. The molecule has 0 spiro atoms. The molecule has 0 saturated heterocycles. The van der Waals surface area contributed by atoms with Crippen LogP contribution in [0.15, 0.2) is 4.74 Å². The highest BCUT2D eigenvalue weighted by Crippen LogP contribution is 2.59. The lowest BCUT2D eigenvalue weighted by Crippen LogP contribution is -2.41. The van der Waals surface area contributed by atoms with E-state index in [-0.39, 0.29) is 5.91 Å². The van der Waals surface area contributed by atoms with Crippen molar-refractivity contribution < 1.29 is 4.79 Å². The third kappa shape index (κ3) is 4.14. The second-order valence-corrected chi connectivity index (χ2v) is 7.54. The topological polar surface area (TPSA) is 39.2 Å². The average Bonchev–Trinajstić information content (AvgIpc) is 2.41. The number of amides is 1. The van der Waals surface area contributed by atoms with Gasteiger partial charge in [0.1, 0.15) is 0 Å². The fraction of sp³-hybridized carbons (Fsp3) is 0.929. The summed E-state index contributed by atoms with van der Waals surface area (Å²) >= 11 is 0. The van der Waals surface area contributed by atoms with Crippen LogP contribution in [0, 0.1) is 0 Å². The predicted molar refractivity (Wildman–Crippen MR) is 88.8 cm³/mol. The molecule has 0 fully saturated rings. The lowest BCUT2D eigenvalue weighted by Gasteiger charge is -2.47. The Morgan fingerprint density at radius 3 is 1.15 bits per heavy atom. The number of rotatable bonds is 9. The Balaban J connectivity index is 6.22. The largest absolute Gasteiger partial charge is 0.273 e. The lowest BCUT2D eigenvalue weighted by atomic mass is 10.7. The van der Waals surface area contributed by atoms with Gasteiger partial charge in [0.05, 0.1) is 0 Å². The molecule has 0 rings (SSSR count). The van der Waals surface area contributed by atoms with Gasteiger partial charge in [-0.15, -0.1) is 0 Å². The minimum Gasteiger partial charge on any atom is -0.273 e. The van der Waals surface area contributed by atoms with Crippen LogP contribution < -0.4 is 0 Å². The number of nitrogens with zero attached hydrogens (tertiary/aromatic N) is 4. The molecule has 0 radical (unpaired) electrons. The Labute approximate surface area is 125 Å². The van der Waals surface area contributed by atoms with E-state index >= 15 is 0 Å². The Hall–Kier alpha value is -0.220. The molecule has 0 bridgehead atoms. The molecule has 1 amide bonds. The van der Waals surface area contributed by atoms with Crippen LogP contribution in [0.25, 0.3) is 0 Å². The fourth-order valence-corrected chi connectivity index (χ4v) is 6.83. The van der Waals surface area contributed by atoms with Crippen LogP contribution in [-0.2, 0) is 4.79 Å². The second-order valence-electron chi connectivity index (χ2n) is 4.57. The minimum absolute atomic E-state index is 0.0657. The summed E-state index contributed by atoms with van der Waals surface area (Å²) in [6.45, 7) is 20.0. The van der Waals surface area contributed by atoms with Crippen molar-refractivity contribution in [2.45, 2.75) is 48.5 Å². The third-order valence-electron chi connectivity index (χ3n) is 3.60. The number of hydrogen-bond acceptors (Lipinski definition) is 1. The van der Waals surface area contributed by atoms with E-state index in [1.54, 1.807) is 6.92 Å². The Morgan fingerprint density at radius 1 is 0.750 bits per heavy atom. The normalized spacial score (nSPS) is 12.5. The minimum atomic E-state index is -2.11. The first-order valence-electron chi connectivity index (χ1n) is 7.87. The van der Waals surface area contributed by atoms with E-state index in [0.717, 1.165) is 39.3 Å². The molecular formula is C14H33N4OP. The highest BCUT2D eigenvalue weighted by Gasteiger charge is 2.36. The van der Waals surface area contributed by atoms with Crippen LogP contribution in [0.2, 0.25) is 0 Å². The maximum atomic E-state index is 11.8. The van der Waals surface area contributed by atoms with Crippen LogP contribution >= 0.6 is 7.51 Å². The molecule has 120 valence electrons. The van der Waals surface area contributed by atoms with Gasteiger partial charge in [-0.05, 0) is 0 Å². The molecule has 0 aromatic rings. The molecule has 0 aromatic heterocycles. The summed E-state index contributed by atoms with van der Waals surface area (Å²) in [6, 6.07) is 0. The molecule has 0 N–H and O–H groups in total. The first kappa shape index (κ1) is 19.8. The molecule has 20 heavy (non-hydrogen) atoms. The summed E-state index contributed by atoms with van der Waals surface area (Å²) in [4.78, 5) is 11.8. The van der Waals surface area contributed by atoms with Crippen LogP contribution in [0.4, 0.5) is 0 Å². The average molecular weight is 304 g/mol. The van der Waals surface area contributed by atoms with Crippen molar-refractivity contribution >= 4 is 13.4 Å². The van der Waals surface area contributed by atoms with E-state index in [1.165, 1.54) is 0 Å². The molecule has 0 unspecified atom stereocenters. The molecule has 0 aromatic carbocycles. The highest BCUT2D eigenvalue weighted by atomic mass is 31.2. The van der Waals surface area contributed by atoms with Crippen LogP contribution in [0.5, 0.6) is 0 Å². The quantitative estimate of drug-likeness (QED) is 0.611. The zero-order chi connectivity index (χ0) is 15.8. The Kier molecular flexibility index (Phi) is 9.56. The van der Waals surface area contributed by atoms with Crippen molar-refractivity contribution in [3.8, 4) is 0 Å². The van der Waals surface area contributed by atoms with Gasteiger partial charge < -0.3 is 0 Å². The Morgan fingerprint density at radius 2 is 1.00 bits per heavy atom. The van der Waals surface area contributed by atoms with Crippen molar-refractivity contribution in [1.82, 2.24) is 14.0 Å². The van der Waals surface area contributed by atoms with Gasteiger partial charge >= 0.3 is 0 Å². The van der Waals surface area contributed by atoms with Crippen molar-refractivity contribution in [3.63, 3.8) is 0 Å². The third-order valence-corrected chi connectivity index (χ3v) is 8.13. The molecule has 0 aliphatic heterocycles. The predicted octanol–water partition coefficient (Wildman–Crippen LogP) is 3.50. The maximum absolute atomic E-state index is 11.8. The molecule has 0 atom stereocenters. The molecule has 0 aliphatic rings. The molecule has 5 nitrogen and oxygen atoms in total. The van der Waals surface area contributed by atoms with Crippen molar-refractivity contribution in [1.29, 1.82) is 0 Å². The van der Waals surface area contributed by atoms with Gasteiger partial charge in [0.15, 0.2) is 7.51 Å².